The van der Waals surface area contributed by atoms with Gasteiger partial charge in [-0.1, -0.05) is 90.5 Å². The fourth-order valence-corrected chi connectivity index (χ4v) is 5.92. The quantitative estimate of drug-likeness (QED) is 0.275. The number of sulfonamides is 1. The zero-order valence-corrected chi connectivity index (χ0v) is 23.6. The highest BCUT2D eigenvalue weighted by molar-refractivity contribution is 7.92. The van der Waals surface area contributed by atoms with Crippen LogP contribution in [0.5, 0.6) is 0 Å². The molecule has 4 aromatic carbocycles. The van der Waals surface area contributed by atoms with Gasteiger partial charge in [-0.25, -0.2) is 8.42 Å². The lowest BCUT2D eigenvalue weighted by Gasteiger charge is -2.33. The maximum absolute atomic E-state index is 14.1. The van der Waals surface area contributed by atoms with Crippen molar-refractivity contribution in [2.45, 2.75) is 23.9 Å². The predicted molar refractivity (Wildman–Crippen MR) is 157 cm³/mol. The van der Waals surface area contributed by atoms with Crippen LogP contribution in [0.15, 0.2) is 120 Å². The Bertz CT molecular complexity index is 1520. The summed E-state index contributed by atoms with van der Waals surface area (Å²) < 4.78 is 28.7. The first-order valence-electron chi connectivity index (χ1n) is 12.7. The number of hydrogen-bond donors (Lipinski definition) is 1. The Morgan fingerprint density at radius 1 is 0.775 bits per heavy atom. The van der Waals surface area contributed by atoms with E-state index in [1.54, 1.807) is 42.5 Å². The number of halogens is 1. The van der Waals surface area contributed by atoms with E-state index in [2.05, 4.69) is 5.32 Å². The van der Waals surface area contributed by atoms with Crippen molar-refractivity contribution in [3.05, 3.63) is 131 Å². The van der Waals surface area contributed by atoms with Crippen LogP contribution < -0.4 is 9.62 Å². The fraction of sp³-hybridized carbons (Fsp3) is 0.161. The molecule has 0 radical (unpaired) electrons. The van der Waals surface area contributed by atoms with Gasteiger partial charge in [0.2, 0.25) is 11.8 Å². The lowest BCUT2D eigenvalue weighted by Crippen LogP contribution is -2.53. The number of nitrogens with zero attached hydrogens (tertiary/aromatic N) is 2. The molecule has 0 aromatic heterocycles. The van der Waals surface area contributed by atoms with Crippen LogP contribution in [0.2, 0.25) is 5.02 Å². The molecule has 7 nitrogen and oxygen atoms in total. The first-order valence-corrected chi connectivity index (χ1v) is 14.5. The lowest BCUT2D eigenvalue weighted by atomic mass is 10.0. The van der Waals surface area contributed by atoms with E-state index in [-0.39, 0.29) is 29.5 Å². The molecule has 0 saturated carbocycles. The van der Waals surface area contributed by atoms with Crippen molar-refractivity contribution < 1.29 is 18.0 Å². The average molecular weight is 576 g/mol. The molecule has 0 aliphatic rings. The first kappa shape index (κ1) is 28.9. The summed E-state index contributed by atoms with van der Waals surface area (Å²) in [4.78, 5) is 28.8. The highest BCUT2D eigenvalue weighted by atomic mass is 35.5. The van der Waals surface area contributed by atoms with E-state index in [1.165, 1.54) is 24.1 Å². The van der Waals surface area contributed by atoms with E-state index < -0.39 is 28.5 Å². The van der Waals surface area contributed by atoms with Gasteiger partial charge in [0.15, 0.2) is 0 Å². The molecule has 0 bridgehead atoms. The number of hydrogen-bond acceptors (Lipinski definition) is 4. The van der Waals surface area contributed by atoms with Gasteiger partial charge in [-0.2, -0.15) is 0 Å². The van der Waals surface area contributed by atoms with Gasteiger partial charge in [0.25, 0.3) is 10.0 Å². The number of carbonyl (C=O) groups excluding carboxylic acids is 2. The third kappa shape index (κ3) is 7.08. The second kappa shape index (κ2) is 13.3. The second-order valence-electron chi connectivity index (χ2n) is 9.13. The standard InChI is InChI=1S/C31H30ClN3O4S/c1-33-31(37)29(21-24-11-5-2-6-12-24)34(22-25-13-7-3-8-14-25)30(36)23-35(27-19-17-26(32)18-20-27)40(38,39)28-15-9-4-10-16-28/h2-20,29H,21-23H2,1H3,(H,33,37). The van der Waals surface area contributed by atoms with E-state index in [0.717, 1.165) is 15.4 Å². The summed E-state index contributed by atoms with van der Waals surface area (Å²) in [5.41, 5.74) is 1.95. The Balaban J connectivity index is 1.76. The largest absolute Gasteiger partial charge is 0.357 e. The number of benzene rings is 4. The molecule has 4 rings (SSSR count). The van der Waals surface area contributed by atoms with Crippen LogP contribution in [0, 0.1) is 0 Å². The monoisotopic (exact) mass is 575 g/mol. The number of anilines is 1. The summed E-state index contributed by atoms with van der Waals surface area (Å²) in [5.74, 6) is -0.875. The maximum atomic E-state index is 14.1. The molecule has 4 aromatic rings. The van der Waals surface area contributed by atoms with Crippen molar-refractivity contribution >= 4 is 39.1 Å². The molecule has 0 fully saturated rings. The van der Waals surface area contributed by atoms with Gasteiger partial charge in [0.1, 0.15) is 12.6 Å². The number of amides is 2. The van der Waals surface area contributed by atoms with E-state index in [1.807, 2.05) is 60.7 Å². The van der Waals surface area contributed by atoms with Crippen LogP contribution in [0.25, 0.3) is 0 Å². The topological polar surface area (TPSA) is 86.8 Å². The summed E-state index contributed by atoms with van der Waals surface area (Å²) in [7, 11) is -2.62. The highest BCUT2D eigenvalue weighted by Crippen LogP contribution is 2.26. The third-order valence-corrected chi connectivity index (χ3v) is 8.48. The highest BCUT2D eigenvalue weighted by Gasteiger charge is 2.34. The zero-order chi connectivity index (χ0) is 28.5. The van der Waals surface area contributed by atoms with Crippen molar-refractivity contribution in [1.29, 1.82) is 0 Å². The molecular formula is C31H30ClN3O4S. The summed E-state index contributed by atoms with van der Waals surface area (Å²) in [6, 6.07) is 32.0. The van der Waals surface area contributed by atoms with Gasteiger partial charge >= 0.3 is 0 Å². The normalized spacial score (nSPS) is 11.8. The molecule has 0 spiro atoms. The Hall–Kier alpha value is -4.14. The Morgan fingerprint density at radius 3 is 1.85 bits per heavy atom. The van der Waals surface area contributed by atoms with Gasteiger partial charge in [-0.05, 0) is 47.5 Å². The van der Waals surface area contributed by atoms with Crippen molar-refractivity contribution in [2.24, 2.45) is 0 Å². The minimum Gasteiger partial charge on any atom is -0.357 e. The Kier molecular flexibility index (Phi) is 9.58. The van der Waals surface area contributed by atoms with Crippen molar-refractivity contribution in [2.75, 3.05) is 17.9 Å². The van der Waals surface area contributed by atoms with E-state index in [0.29, 0.717) is 5.02 Å². The third-order valence-electron chi connectivity index (χ3n) is 6.44. The smallest absolute Gasteiger partial charge is 0.264 e. The Labute approximate surface area is 240 Å². The van der Waals surface area contributed by atoms with Crippen LogP contribution in [0.3, 0.4) is 0 Å². The summed E-state index contributed by atoms with van der Waals surface area (Å²) in [6.07, 6.45) is 0.255. The van der Waals surface area contributed by atoms with Crippen LogP contribution in [0.1, 0.15) is 11.1 Å². The van der Waals surface area contributed by atoms with Gasteiger partial charge in [-0.3, -0.25) is 13.9 Å². The number of nitrogens with one attached hydrogen (secondary N) is 1. The molecule has 206 valence electrons. The first-order chi connectivity index (χ1) is 19.3. The number of carbonyl (C=O) groups is 2. The molecule has 0 aliphatic heterocycles. The maximum Gasteiger partial charge on any atom is 0.264 e. The molecule has 2 amide bonds. The summed E-state index contributed by atoms with van der Waals surface area (Å²) in [5, 5.41) is 3.11. The molecule has 1 unspecified atom stereocenters. The predicted octanol–water partition coefficient (Wildman–Crippen LogP) is 4.92. The van der Waals surface area contributed by atoms with Crippen LogP contribution in [0.4, 0.5) is 5.69 Å². The Morgan fingerprint density at radius 2 is 1.30 bits per heavy atom. The molecular weight excluding hydrogens is 546 g/mol. The molecule has 0 saturated heterocycles. The minimum atomic E-state index is -4.14. The number of likely N-dealkylation sites (N-methyl/N-ethyl adjacent to an activating group) is 1. The molecule has 0 aliphatic carbocycles. The molecule has 40 heavy (non-hydrogen) atoms. The van der Waals surface area contributed by atoms with E-state index in [9.17, 15) is 18.0 Å². The SMILES string of the molecule is CNC(=O)C(Cc1ccccc1)N(Cc1ccccc1)C(=O)CN(c1ccc(Cl)cc1)S(=O)(=O)c1ccccc1. The summed E-state index contributed by atoms with van der Waals surface area (Å²) in [6.45, 7) is -0.404. The van der Waals surface area contributed by atoms with Crippen LogP contribution in [-0.2, 0) is 32.6 Å². The summed E-state index contributed by atoms with van der Waals surface area (Å²) >= 11 is 6.08. The van der Waals surface area contributed by atoms with Crippen LogP contribution in [-0.4, -0.2) is 44.8 Å². The molecule has 1 atom stereocenters. The van der Waals surface area contributed by atoms with Gasteiger partial charge in [0.05, 0.1) is 10.6 Å². The number of rotatable bonds is 11. The van der Waals surface area contributed by atoms with Gasteiger partial charge < -0.3 is 10.2 Å². The molecule has 1 N–H and O–H groups in total. The van der Waals surface area contributed by atoms with E-state index in [4.69, 9.17) is 11.6 Å². The zero-order valence-electron chi connectivity index (χ0n) is 22.0. The van der Waals surface area contributed by atoms with Crippen molar-refractivity contribution in [3.8, 4) is 0 Å². The van der Waals surface area contributed by atoms with Gasteiger partial charge in [-0.15, -0.1) is 0 Å². The van der Waals surface area contributed by atoms with Crippen molar-refractivity contribution in [1.82, 2.24) is 10.2 Å². The minimum absolute atomic E-state index is 0.0412. The second-order valence-corrected chi connectivity index (χ2v) is 11.4. The van der Waals surface area contributed by atoms with Crippen LogP contribution >= 0.6 is 11.6 Å². The molecule has 9 heteroatoms. The lowest BCUT2D eigenvalue weighted by molar-refractivity contribution is -0.139. The van der Waals surface area contributed by atoms with E-state index >= 15 is 0 Å². The molecule has 0 heterocycles. The van der Waals surface area contributed by atoms with Gasteiger partial charge in [0, 0.05) is 25.0 Å². The fourth-order valence-electron chi connectivity index (χ4n) is 4.36. The average Bonchev–Trinajstić information content (AvgIpc) is 2.99. The van der Waals surface area contributed by atoms with Crippen molar-refractivity contribution in [3.63, 3.8) is 0 Å².